The minimum Gasteiger partial charge on any atom is -0.452 e. The van der Waals surface area contributed by atoms with Crippen LogP contribution >= 0.6 is 11.3 Å². The van der Waals surface area contributed by atoms with Crippen LogP contribution in [0.4, 0.5) is 35.4 Å². The Hall–Kier alpha value is -4.44. The van der Waals surface area contributed by atoms with E-state index < -0.39 is 39.2 Å². The summed E-state index contributed by atoms with van der Waals surface area (Å²) in [5.74, 6) is -0.610. The van der Waals surface area contributed by atoms with E-state index in [0.717, 1.165) is 34.4 Å². The smallest absolute Gasteiger partial charge is 0.426 e. The summed E-state index contributed by atoms with van der Waals surface area (Å²) in [5.41, 5.74) is 0.798. The summed E-state index contributed by atoms with van der Waals surface area (Å²) in [5, 5.41) is 11.8. The Labute approximate surface area is 244 Å². The lowest BCUT2D eigenvalue weighted by molar-refractivity contribution is -0.380. The van der Waals surface area contributed by atoms with Crippen LogP contribution < -0.4 is 14.7 Å². The Morgan fingerprint density at radius 2 is 1.81 bits per heavy atom. The van der Waals surface area contributed by atoms with Crippen LogP contribution in [0.25, 0.3) is 0 Å². The molecule has 0 unspecified atom stereocenters. The van der Waals surface area contributed by atoms with Crippen molar-refractivity contribution in [3.8, 4) is 0 Å². The third-order valence-corrected chi connectivity index (χ3v) is 9.99. The highest BCUT2D eigenvalue weighted by Gasteiger charge is 2.46. The first kappa shape index (κ1) is 29.1. The molecule has 0 bridgehead atoms. The van der Waals surface area contributed by atoms with Gasteiger partial charge in [-0.25, -0.2) is 22.4 Å². The molecule has 1 aromatic heterocycles. The number of thiophene rings is 1. The largest absolute Gasteiger partial charge is 0.452 e. The Kier molecular flexibility index (Phi) is 7.92. The molecule has 2 saturated heterocycles. The molecule has 0 radical (unpaired) electrons. The second kappa shape index (κ2) is 11.4. The van der Waals surface area contributed by atoms with Crippen LogP contribution in [0.1, 0.15) is 5.56 Å². The Balaban J connectivity index is 1.31. The molecule has 2 aliphatic rings. The minimum atomic E-state index is -4.47. The van der Waals surface area contributed by atoms with E-state index in [1.54, 1.807) is 25.1 Å². The highest BCUT2D eigenvalue weighted by molar-refractivity contribution is 7.89. The van der Waals surface area contributed by atoms with E-state index >= 15 is 4.39 Å². The van der Waals surface area contributed by atoms with Gasteiger partial charge < -0.3 is 19.3 Å². The molecule has 2 aliphatic heterocycles. The lowest BCUT2D eigenvalue weighted by atomic mass is 10.2. The maximum absolute atomic E-state index is 15.3. The molecule has 16 heteroatoms. The standard InChI is InChI=1S/C26H26FN5O8S2/c1-17-5-3-4-6-21(17)42(37,38)31(26(34)39-2)22-16-30(25(33)40-22)18-7-8-20(19(27)15-18)28-11-13-29(14-12-28)23-9-10-24(41-23)32(35)36/h3-10,15,22H,11-14,16H2,1-2H3/t22-/m1/s1. The van der Waals surface area contributed by atoms with Gasteiger partial charge in [-0.1, -0.05) is 18.2 Å². The fourth-order valence-electron chi connectivity index (χ4n) is 4.87. The number of amides is 2. The van der Waals surface area contributed by atoms with Gasteiger partial charge in [0.15, 0.2) is 0 Å². The molecule has 3 heterocycles. The summed E-state index contributed by atoms with van der Waals surface area (Å²) in [6.07, 6.45) is -3.76. The molecule has 0 N–H and O–H groups in total. The van der Waals surface area contributed by atoms with Crippen molar-refractivity contribution < 1.29 is 36.8 Å². The molecule has 0 aliphatic carbocycles. The number of anilines is 3. The molecule has 2 aromatic carbocycles. The van der Waals surface area contributed by atoms with Crippen molar-refractivity contribution in [1.82, 2.24) is 4.31 Å². The minimum absolute atomic E-state index is 0.0548. The first-order valence-electron chi connectivity index (χ1n) is 12.7. The number of nitrogens with zero attached hydrogens (tertiary/aromatic N) is 5. The lowest BCUT2D eigenvalue weighted by Gasteiger charge is -2.36. The number of hydrogen-bond acceptors (Lipinski definition) is 11. The molecule has 42 heavy (non-hydrogen) atoms. The number of carbonyl (C=O) groups excluding carboxylic acids is 2. The summed E-state index contributed by atoms with van der Waals surface area (Å²) in [7, 11) is -3.47. The van der Waals surface area contributed by atoms with Crippen molar-refractivity contribution in [3.63, 3.8) is 0 Å². The lowest BCUT2D eigenvalue weighted by Crippen LogP contribution is -2.47. The Bertz CT molecular complexity index is 1640. The van der Waals surface area contributed by atoms with E-state index in [-0.39, 0.29) is 22.1 Å². The number of ether oxygens (including phenoxy) is 2. The van der Waals surface area contributed by atoms with Gasteiger partial charge in [0, 0.05) is 32.2 Å². The zero-order chi connectivity index (χ0) is 30.2. The van der Waals surface area contributed by atoms with Gasteiger partial charge in [-0.15, -0.1) is 0 Å². The molecule has 0 spiro atoms. The quantitative estimate of drug-likeness (QED) is 0.279. The van der Waals surface area contributed by atoms with E-state index in [4.69, 9.17) is 9.47 Å². The highest BCUT2D eigenvalue weighted by Crippen LogP contribution is 2.34. The highest BCUT2D eigenvalue weighted by atomic mass is 32.2. The fraction of sp³-hybridized carbons (Fsp3) is 0.308. The summed E-state index contributed by atoms with van der Waals surface area (Å²) >= 11 is 1.08. The number of hydrogen-bond donors (Lipinski definition) is 0. The predicted octanol–water partition coefficient (Wildman–Crippen LogP) is 4.17. The number of methoxy groups -OCH3 is 1. The van der Waals surface area contributed by atoms with Gasteiger partial charge in [0.2, 0.25) is 6.23 Å². The van der Waals surface area contributed by atoms with Gasteiger partial charge in [-0.3, -0.25) is 15.0 Å². The second-order valence-electron chi connectivity index (χ2n) is 9.46. The maximum Gasteiger partial charge on any atom is 0.426 e. The van der Waals surface area contributed by atoms with E-state index in [9.17, 15) is 28.1 Å². The molecular weight excluding hydrogens is 593 g/mol. The second-order valence-corrected chi connectivity index (χ2v) is 12.3. The van der Waals surface area contributed by atoms with Crippen LogP contribution in [0.2, 0.25) is 0 Å². The molecule has 3 aromatic rings. The molecule has 0 saturated carbocycles. The monoisotopic (exact) mass is 619 g/mol. The van der Waals surface area contributed by atoms with Gasteiger partial charge in [0.05, 0.1) is 39.8 Å². The number of benzene rings is 2. The Morgan fingerprint density at radius 1 is 1.12 bits per heavy atom. The fourth-order valence-corrected chi connectivity index (χ4v) is 7.37. The SMILES string of the molecule is COC(=O)N([C@H]1CN(c2ccc(N3CCN(c4ccc([N+](=O)[O-])s4)CC3)c(F)c2)C(=O)O1)S(=O)(=O)c1ccccc1C. The Morgan fingerprint density at radius 3 is 2.43 bits per heavy atom. The number of piperazine rings is 1. The molecule has 2 fully saturated rings. The van der Waals surface area contributed by atoms with Crippen molar-refractivity contribution >= 4 is 54.9 Å². The zero-order valence-electron chi connectivity index (χ0n) is 22.5. The third kappa shape index (κ3) is 5.42. The van der Waals surface area contributed by atoms with Gasteiger partial charge in [0.25, 0.3) is 10.0 Å². The summed E-state index contributed by atoms with van der Waals surface area (Å²) in [6, 6.07) is 13.4. The van der Waals surface area contributed by atoms with Crippen LogP contribution in [-0.4, -0.2) is 75.9 Å². The number of carbonyl (C=O) groups is 2. The number of aryl methyl sites for hydroxylation is 1. The van der Waals surface area contributed by atoms with Gasteiger partial charge in [0.1, 0.15) is 5.82 Å². The molecule has 2 amide bonds. The van der Waals surface area contributed by atoms with Crippen molar-refractivity contribution in [2.45, 2.75) is 18.0 Å². The van der Waals surface area contributed by atoms with Gasteiger partial charge >= 0.3 is 17.2 Å². The molecule has 5 rings (SSSR count). The average Bonchev–Trinajstić information content (AvgIpc) is 3.61. The van der Waals surface area contributed by atoms with Crippen molar-refractivity contribution in [2.24, 2.45) is 0 Å². The summed E-state index contributed by atoms with van der Waals surface area (Å²) in [6.45, 7) is 3.15. The zero-order valence-corrected chi connectivity index (χ0v) is 24.1. The number of cyclic esters (lactones) is 1. The number of sulfonamides is 1. The summed E-state index contributed by atoms with van der Waals surface area (Å²) in [4.78, 5) is 40.7. The number of halogens is 1. The van der Waals surface area contributed by atoms with Crippen LogP contribution in [0.3, 0.4) is 0 Å². The first-order valence-corrected chi connectivity index (χ1v) is 15.0. The predicted molar refractivity (Wildman–Crippen MR) is 152 cm³/mol. The van der Waals surface area contributed by atoms with Crippen LogP contribution in [0.15, 0.2) is 59.5 Å². The number of rotatable bonds is 7. The normalized spacial score (nSPS) is 17.3. The van der Waals surface area contributed by atoms with E-state index in [1.165, 1.54) is 30.3 Å². The molecular formula is C26H26FN5O8S2. The van der Waals surface area contributed by atoms with Gasteiger partial charge in [-0.2, -0.15) is 4.31 Å². The van der Waals surface area contributed by atoms with Gasteiger partial charge in [-0.05, 0) is 54.2 Å². The van der Waals surface area contributed by atoms with E-state index in [1.807, 2.05) is 9.80 Å². The number of nitro groups is 1. The average molecular weight is 620 g/mol. The maximum atomic E-state index is 15.3. The molecule has 13 nitrogen and oxygen atoms in total. The topological polar surface area (TPSA) is 143 Å². The van der Waals surface area contributed by atoms with Crippen molar-refractivity contribution in [2.75, 3.05) is 54.5 Å². The third-order valence-electron chi connectivity index (χ3n) is 6.98. The first-order chi connectivity index (χ1) is 20.0. The van der Waals surface area contributed by atoms with Crippen molar-refractivity contribution in [1.29, 1.82) is 0 Å². The van der Waals surface area contributed by atoms with E-state index in [2.05, 4.69) is 0 Å². The summed E-state index contributed by atoms with van der Waals surface area (Å²) < 4.78 is 52.5. The van der Waals surface area contributed by atoms with Crippen molar-refractivity contribution in [3.05, 3.63) is 76.1 Å². The van der Waals surface area contributed by atoms with E-state index in [0.29, 0.717) is 41.7 Å². The van der Waals surface area contributed by atoms with Crippen LogP contribution in [0, 0.1) is 22.9 Å². The van der Waals surface area contributed by atoms with Crippen LogP contribution in [0.5, 0.6) is 0 Å². The molecule has 222 valence electrons. The molecule has 1 atom stereocenters. The van der Waals surface area contributed by atoms with Crippen LogP contribution in [-0.2, 0) is 19.5 Å².